The van der Waals surface area contributed by atoms with Crippen LogP contribution in [-0.2, 0) is 16.1 Å². The van der Waals surface area contributed by atoms with Crippen LogP contribution in [0.1, 0.15) is 49.4 Å². The molecule has 5 rings (SSSR count). The normalized spacial score (nSPS) is 14.7. The van der Waals surface area contributed by atoms with E-state index >= 15 is 0 Å². The van der Waals surface area contributed by atoms with Gasteiger partial charge in [-0.05, 0) is 55.8 Å². The van der Waals surface area contributed by atoms with Gasteiger partial charge < -0.3 is 14.2 Å². The van der Waals surface area contributed by atoms with E-state index in [0.29, 0.717) is 59.1 Å². The lowest BCUT2D eigenvalue weighted by molar-refractivity contribution is -0.139. The van der Waals surface area contributed by atoms with Crippen molar-refractivity contribution >= 4 is 58.2 Å². The predicted molar refractivity (Wildman–Crippen MR) is 175 cm³/mol. The van der Waals surface area contributed by atoms with Gasteiger partial charge in [-0.3, -0.25) is 9.36 Å². The minimum atomic E-state index is -0.860. The SMILES string of the molecule is CCCC1=C(C(=O)OCC)[C@H](c2cc(Cl)ccc2OC)n2c(s/c(=C/c3ccccc3OCc3ccc(Cl)cc3Cl)c2=O)=N1. The molecule has 11 heteroatoms. The number of thiazole rings is 1. The molecule has 0 N–H and O–H groups in total. The van der Waals surface area contributed by atoms with Gasteiger partial charge in [0.15, 0.2) is 4.80 Å². The van der Waals surface area contributed by atoms with Gasteiger partial charge in [-0.15, -0.1) is 0 Å². The second-order valence-electron chi connectivity index (χ2n) is 9.86. The lowest BCUT2D eigenvalue weighted by Crippen LogP contribution is -2.40. The molecule has 0 saturated carbocycles. The van der Waals surface area contributed by atoms with Crippen LogP contribution >= 0.6 is 46.1 Å². The number of hydrogen-bond acceptors (Lipinski definition) is 7. The van der Waals surface area contributed by atoms with Crippen molar-refractivity contribution in [3.63, 3.8) is 0 Å². The molecule has 0 aliphatic carbocycles. The average Bonchev–Trinajstić information content (AvgIpc) is 3.31. The fourth-order valence-electron chi connectivity index (χ4n) is 5.00. The standard InChI is InChI=1S/C33H29Cl3N2O5S/c1-4-8-25-29(32(40)42-5-2)30(23-16-21(34)13-14-27(23)41-3)38-31(39)28(44-33(38)37-25)15-19-9-6-7-10-26(19)43-18-20-11-12-22(35)17-24(20)36/h6-7,9-17,30H,4-5,8,18H2,1-3H3/b28-15+/t30-/m0/s1. The maximum atomic E-state index is 14.2. The van der Waals surface area contributed by atoms with Crippen LogP contribution in [0.15, 0.2) is 81.7 Å². The number of methoxy groups -OCH3 is 1. The molecule has 44 heavy (non-hydrogen) atoms. The first-order chi connectivity index (χ1) is 21.2. The minimum absolute atomic E-state index is 0.170. The maximum Gasteiger partial charge on any atom is 0.338 e. The Morgan fingerprint density at radius 1 is 1.02 bits per heavy atom. The van der Waals surface area contributed by atoms with Crippen molar-refractivity contribution in [1.82, 2.24) is 4.57 Å². The molecule has 1 aliphatic heterocycles. The third-order valence-electron chi connectivity index (χ3n) is 6.98. The van der Waals surface area contributed by atoms with Crippen molar-refractivity contribution in [2.75, 3.05) is 13.7 Å². The molecule has 0 amide bonds. The average molecular weight is 672 g/mol. The number of ether oxygens (including phenoxy) is 3. The van der Waals surface area contributed by atoms with E-state index in [2.05, 4.69) is 0 Å². The number of rotatable bonds is 10. The summed E-state index contributed by atoms with van der Waals surface area (Å²) < 4.78 is 19.2. The Labute approximate surface area is 273 Å². The number of nitrogens with zero attached hydrogens (tertiary/aromatic N) is 2. The number of carbonyl (C=O) groups excluding carboxylic acids is 1. The molecule has 0 fully saturated rings. The Kier molecular flexibility index (Phi) is 10.2. The Hall–Kier alpha value is -3.56. The van der Waals surface area contributed by atoms with Crippen molar-refractivity contribution in [3.8, 4) is 11.5 Å². The van der Waals surface area contributed by atoms with Crippen LogP contribution in [0.4, 0.5) is 0 Å². The zero-order valence-corrected chi connectivity index (χ0v) is 27.3. The van der Waals surface area contributed by atoms with Crippen LogP contribution < -0.4 is 24.4 Å². The lowest BCUT2D eigenvalue weighted by atomic mass is 9.93. The summed E-state index contributed by atoms with van der Waals surface area (Å²) in [5, 5.41) is 1.48. The van der Waals surface area contributed by atoms with Crippen molar-refractivity contribution in [2.24, 2.45) is 4.99 Å². The first-order valence-corrected chi connectivity index (χ1v) is 15.9. The number of halogens is 3. The Morgan fingerprint density at radius 2 is 1.77 bits per heavy atom. The second kappa shape index (κ2) is 14.0. The van der Waals surface area contributed by atoms with Gasteiger partial charge >= 0.3 is 5.97 Å². The van der Waals surface area contributed by atoms with E-state index in [9.17, 15) is 9.59 Å². The van der Waals surface area contributed by atoms with Gasteiger partial charge in [0.1, 0.15) is 24.1 Å². The van der Waals surface area contributed by atoms with Gasteiger partial charge in [0, 0.05) is 31.8 Å². The van der Waals surface area contributed by atoms with Gasteiger partial charge in [0.2, 0.25) is 0 Å². The number of hydrogen-bond donors (Lipinski definition) is 0. The number of allylic oxidation sites excluding steroid dienone is 1. The largest absolute Gasteiger partial charge is 0.496 e. The summed E-state index contributed by atoms with van der Waals surface area (Å²) in [5.74, 6) is 0.505. The van der Waals surface area contributed by atoms with Gasteiger partial charge in [-0.1, -0.05) is 83.7 Å². The quantitative estimate of drug-likeness (QED) is 0.168. The molecular formula is C33H29Cl3N2O5S. The highest BCUT2D eigenvalue weighted by Gasteiger charge is 2.36. The highest BCUT2D eigenvalue weighted by Crippen LogP contribution is 2.38. The molecule has 1 aliphatic rings. The fourth-order valence-corrected chi connectivity index (χ4v) is 6.66. The lowest BCUT2D eigenvalue weighted by Gasteiger charge is -2.27. The summed E-state index contributed by atoms with van der Waals surface area (Å²) >= 11 is 20.1. The monoisotopic (exact) mass is 670 g/mol. The smallest absolute Gasteiger partial charge is 0.338 e. The topological polar surface area (TPSA) is 79.1 Å². The number of benzene rings is 3. The van der Waals surface area contributed by atoms with Crippen molar-refractivity contribution in [1.29, 1.82) is 0 Å². The summed E-state index contributed by atoms with van der Waals surface area (Å²) in [6, 6.07) is 16.9. The molecule has 3 aromatic carbocycles. The van der Waals surface area contributed by atoms with Crippen LogP contribution in [-0.4, -0.2) is 24.3 Å². The van der Waals surface area contributed by atoms with Crippen LogP contribution in [0.3, 0.4) is 0 Å². The zero-order valence-electron chi connectivity index (χ0n) is 24.2. The van der Waals surface area contributed by atoms with Crippen LogP contribution in [0.5, 0.6) is 11.5 Å². The molecule has 2 heterocycles. The number of esters is 1. The molecule has 1 aromatic heterocycles. The first kappa shape index (κ1) is 31.9. The van der Waals surface area contributed by atoms with E-state index in [1.54, 1.807) is 43.3 Å². The molecule has 0 bridgehead atoms. The molecule has 1 atom stereocenters. The minimum Gasteiger partial charge on any atom is -0.496 e. The third kappa shape index (κ3) is 6.59. The molecule has 0 spiro atoms. The van der Waals surface area contributed by atoms with Gasteiger partial charge in [-0.2, -0.15) is 0 Å². The summed E-state index contributed by atoms with van der Waals surface area (Å²) in [6.45, 7) is 4.12. The van der Waals surface area contributed by atoms with Gasteiger partial charge in [0.05, 0.1) is 29.5 Å². The maximum absolute atomic E-state index is 14.2. The molecule has 0 unspecified atom stereocenters. The first-order valence-electron chi connectivity index (χ1n) is 14.0. The fraction of sp³-hybridized carbons (Fsp3) is 0.242. The third-order valence-corrected chi connectivity index (χ3v) is 8.79. The molecule has 4 aromatic rings. The molecule has 0 saturated heterocycles. The summed E-state index contributed by atoms with van der Waals surface area (Å²) in [4.78, 5) is 33.0. The van der Waals surface area contributed by atoms with Crippen LogP contribution in [0, 0.1) is 0 Å². The summed E-state index contributed by atoms with van der Waals surface area (Å²) in [5.41, 5.74) is 2.55. The Morgan fingerprint density at radius 3 is 2.50 bits per heavy atom. The van der Waals surface area contributed by atoms with E-state index in [0.717, 1.165) is 12.0 Å². The predicted octanol–water partition coefficient (Wildman–Crippen LogP) is 7.13. The van der Waals surface area contributed by atoms with Gasteiger partial charge in [0.25, 0.3) is 5.56 Å². The molecule has 0 radical (unpaired) electrons. The Balaban J connectivity index is 1.67. The van der Waals surface area contributed by atoms with E-state index in [4.69, 9.17) is 54.0 Å². The number of carbonyl (C=O) groups is 1. The second-order valence-corrected chi connectivity index (χ2v) is 12.2. The van der Waals surface area contributed by atoms with E-state index < -0.39 is 12.0 Å². The number of para-hydroxylation sites is 1. The zero-order chi connectivity index (χ0) is 31.4. The van der Waals surface area contributed by atoms with Crippen LogP contribution in [0.2, 0.25) is 15.1 Å². The van der Waals surface area contributed by atoms with Gasteiger partial charge in [-0.25, -0.2) is 9.79 Å². The van der Waals surface area contributed by atoms with Crippen LogP contribution in [0.25, 0.3) is 6.08 Å². The number of aromatic nitrogens is 1. The van der Waals surface area contributed by atoms with Crippen molar-refractivity contribution in [2.45, 2.75) is 39.3 Å². The van der Waals surface area contributed by atoms with Crippen molar-refractivity contribution in [3.05, 3.63) is 123 Å². The van der Waals surface area contributed by atoms with Crippen molar-refractivity contribution < 1.29 is 19.0 Å². The summed E-state index contributed by atoms with van der Waals surface area (Å²) in [7, 11) is 1.53. The van der Waals surface area contributed by atoms with E-state index in [1.807, 2.05) is 37.3 Å². The highest BCUT2D eigenvalue weighted by atomic mass is 35.5. The molecular weight excluding hydrogens is 643 g/mol. The molecule has 7 nitrogen and oxygen atoms in total. The molecule has 228 valence electrons. The highest BCUT2D eigenvalue weighted by molar-refractivity contribution is 7.07. The number of fused-ring (bicyclic) bond motifs is 1. The Bertz CT molecular complexity index is 1930. The van der Waals surface area contributed by atoms with E-state index in [1.165, 1.54) is 23.0 Å². The van der Waals surface area contributed by atoms with E-state index in [-0.39, 0.29) is 24.3 Å². The summed E-state index contributed by atoms with van der Waals surface area (Å²) in [6.07, 6.45) is 3.02.